The van der Waals surface area contributed by atoms with Gasteiger partial charge in [-0.3, -0.25) is 14.6 Å². The Hall–Kier alpha value is -3.46. The number of carbonyl (C=O) groups excluding carboxylic acids is 1. The number of hydroxylamine groups is 1. The summed E-state index contributed by atoms with van der Waals surface area (Å²) in [5.41, 5.74) is 2.71. The van der Waals surface area contributed by atoms with E-state index in [1.54, 1.807) is 72.8 Å². The molecule has 4 aromatic rings. The zero-order chi connectivity index (χ0) is 29.7. The fourth-order valence-corrected chi connectivity index (χ4v) is 6.00. The molecule has 0 saturated heterocycles. The summed E-state index contributed by atoms with van der Waals surface area (Å²) in [5, 5.41) is 2.74. The third kappa shape index (κ3) is 7.30. The third-order valence-corrected chi connectivity index (χ3v) is 9.11. The van der Waals surface area contributed by atoms with Crippen molar-refractivity contribution in [1.82, 2.24) is 14.8 Å². The second-order valence-electron chi connectivity index (χ2n) is 9.82. The highest BCUT2D eigenvalue weighted by atomic mass is 127. The molecule has 1 amide bonds. The van der Waals surface area contributed by atoms with Crippen molar-refractivity contribution in [2.45, 2.75) is 30.8 Å². The van der Waals surface area contributed by atoms with Gasteiger partial charge in [0.1, 0.15) is 4.90 Å². The van der Waals surface area contributed by atoms with Crippen molar-refractivity contribution in [2.24, 2.45) is 5.92 Å². The van der Waals surface area contributed by atoms with E-state index in [1.165, 1.54) is 6.20 Å². The van der Waals surface area contributed by atoms with Crippen LogP contribution in [0.1, 0.15) is 34.5 Å². The quantitative estimate of drug-likeness (QED) is 0.135. The van der Waals surface area contributed by atoms with Crippen LogP contribution in [0.25, 0.3) is 0 Å². The molecule has 1 fully saturated rings. The van der Waals surface area contributed by atoms with Crippen LogP contribution in [0.5, 0.6) is 0 Å². The number of amides is 1. The average molecular weight is 705 g/mol. The average Bonchev–Trinajstić information content (AvgIpc) is 3.82. The summed E-state index contributed by atoms with van der Waals surface area (Å²) >= 11 is 2.10. The molecule has 1 saturated carbocycles. The van der Waals surface area contributed by atoms with Gasteiger partial charge in [0, 0.05) is 22.0 Å². The number of hydrogen-bond acceptors (Lipinski definition) is 6. The molecule has 0 spiro atoms. The first kappa shape index (κ1) is 30.0. The lowest BCUT2D eigenvalue weighted by Gasteiger charge is -2.24. The number of carbonyl (C=O) groups is 1. The van der Waals surface area contributed by atoms with Crippen LogP contribution in [0.2, 0.25) is 0 Å². The fraction of sp³-hybridized carbons (Fsp3) is 0.200. The molecule has 0 aliphatic heterocycles. The van der Waals surface area contributed by atoms with Gasteiger partial charge in [-0.05, 0) is 89.4 Å². The Kier molecular flexibility index (Phi) is 9.46. The molecule has 42 heavy (non-hydrogen) atoms. The lowest BCUT2D eigenvalue weighted by molar-refractivity contribution is 0.0270. The number of pyridine rings is 1. The maximum Gasteiger partial charge on any atom is 0.277 e. The van der Waals surface area contributed by atoms with Gasteiger partial charge < -0.3 is 5.32 Å². The topological polar surface area (TPSA) is 101 Å². The summed E-state index contributed by atoms with van der Waals surface area (Å²) in [4.78, 5) is 21.7. The van der Waals surface area contributed by atoms with E-state index >= 15 is 8.78 Å². The Labute approximate surface area is 256 Å². The number of hydrogen-bond donors (Lipinski definition) is 2. The van der Waals surface area contributed by atoms with Crippen LogP contribution in [0.4, 0.5) is 20.2 Å². The van der Waals surface area contributed by atoms with Crippen LogP contribution in [-0.2, 0) is 28.0 Å². The van der Waals surface area contributed by atoms with Gasteiger partial charge in [0.2, 0.25) is 10.0 Å². The molecule has 0 radical (unpaired) electrons. The van der Waals surface area contributed by atoms with Gasteiger partial charge in [0.15, 0.2) is 11.6 Å². The molecule has 1 aliphatic rings. The van der Waals surface area contributed by atoms with E-state index in [0.717, 1.165) is 26.8 Å². The predicted octanol–water partition coefficient (Wildman–Crippen LogP) is 6.17. The Morgan fingerprint density at radius 2 is 1.69 bits per heavy atom. The van der Waals surface area contributed by atoms with Crippen molar-refractivity contribution in [3.8, 4) is 0 Å². The first-order valence-electron chi connectivity index (χ1n) is 13.1. The largest absolute Gasteiger partial charge is 0.352 e. The minimum Gasteiger partial charge on any atom is -0.352 e. The van der Waals surface area contributed by atoms with E-state index < -0.39 is 43.7 Å². The molecular weight excluding hydrogens is 677 g/mol. The summed E-state index contributed by atoms with van der Waals surface area (Å²) in [7, 11) is -4.70. The maximum atomic E-state index is 15.8. The number of nitrogens with zero attached hydrogens (tertiary/aromatic N) is 2. The monoisotopic (exact) mass is 704 g/mol. The van der Waals surface area contributed by atoms with Crippen molar-refractivity contribution in [3.63, 3.8) is 0 Å². The molecular formula is C30H27F2IN4O4S. The summed E-state index contributed by atoms with van der Waals surface area (Å²) < 4.78 is 61.5. The van der Waals surface area contributed by atoms with Gasteiger partial charge in [-0.15, -0.1) is 0 Å². The van der Waals surface area contributed by atoms with E-state index in [0.29, 0.717) is 22.9 Å². The molecule has 0 bridgehead atoms. The smallest absolute Gasteiger partial charge is 0.277 e. The molecule has 8 nitrogen and oxygen atoms in total. The van der Waals surface area contributed by atoms with Gasteiger partial charge >= 0.3 is 0 Å². The van der Waals surface area contributed by atoms with E-state index in [-0.39, 0.29) is 19.7 Å². The molecule has 12 heteroatoms. The van der Waals surface area contributed by atoms with Gasteiger partial charge in [0.25, 0.3) is 5.91 Å². The van der Waals surface area contributed by atoms with Crippen molar-refractivity contribution in [3.05, 3.63) is 117 Å². The highest BCUT2D eigenvalue weighted by Gasteiger charge is 2.34. The first-order chi connectivity index (χ1) is 20.2. The predicted molar refractivity (Wildman–Crippen MR) is 162 cm³/mol. The van der Waals surface area contributed by atoms with Crippen molar-refractivity contribution in [1.29, 1.82) is 0 Å². The Balaban J connectivity index is 1.57. The zero-order valence-electron chi connectivity index (χ0n) is 22.3. The normalized spacial score (nSPS) is 13.2. The minimum absolute atomic E-state index is 0.143. The number of aromatic nitrogens is 1. The molecule has 1 aromatic heterocycles. The second-order valence-corrected chi connectivity index (χ2v) is 13.0. The molecule has 0 unspecified atom stereocenters. The molecule has 5 rings (SSSR count). The number of rotatable bonds is 12. The molecule has 1 aliphatic carbocycles. The van der Waals surface area contributed by atoms with Crippen LogP contribution < -0.4 is 10.8 Å². The highest BCUT2D eigenvalue weighted by molar-refractivity contribution is 14.1. The first-order valence-corrected chi connectivity index (χ1v) is 15.6. The number of benzene rings is 3. The van der Waals surface area contributed by atoms with Gasteiger partial charge in [-0.1, -0.05) is 36.4 Å². The standard InChI is InChI=1S/C30H27F2IN4O4S/c31-27-26(42(39,40)37(17-20-6-2-1-3-7-20)18-24-8-4-5-15-34-24)16-25(30(38)36-41-19-21-9-10-21)29(28(27)32)35-23-13-11-22(33)12-14-23/h1-8,11-16,21,35H,9-10,17-19H2,(H,36,38). The molecule has 0 atom stereocenters. The molecule has 1 heterocycles. The molecule has 2 N–H and O–H groups in total. The Morgan fingerprint density at radius 3 is 2.36 bits per heavy atom. The van der Waals surface area contributed by atoms with Crippen LogP contribution in [-0.4, -0.2) is 30.2 Å². The zero-order valence-corrected chi connectivity index (χ0v) is 25.2. The van der Waals surface area contributed by atoms with Crippen molar-refractivity contribution >= 4 is 49.9 Å². The summed E-state index contributed by atoms with van der Waals surface area (Å²) in [6.07, 6.45) is 3.45. The van der Waals surface area contributed by atoms with Crippen molar-refractivity contribution < 1.29 is 26.8 Å². The molecule has 218 valence electrons. The number of halogens is 3. The van der Waals surface area contributed by atoms with Crippen molar-refractivity contribution in [2.75, 3.05) is 11.9 Å². The second kappa shape index (κ2) is 13.2. The summed E-state index contributed by atoms with van der Waals surface area (Å²) in [6, 6.07) is 21.3. The van der Waals surface area contributed by atoms with E-state index in [4.69, 9.17) is 4.84 Å². The van der Waals surface area contributed by atoms with E-state index in [1.807, 2.05) is 0 Å². The SMILES string of the molecule is O=C(NOCC1CC1)c1cc(S(=O)(=O)N(Cc2ccccc2)Cc2ccccn2)c(F)c(F)c1Nc1ccc(I)cc1. The maximum absolute atomic E-state index is 15.8. The van der Waals surface area contributed by atoms with E-state index in [9.17, 15) is 13.2 Å². The number of anilines is 2. The fourth-order valence-electron chi connectivity index (χ4n) is 4.16. The van der Waals surface area contributed by atoms with Crippen LogP contribution in [0.3, 0.4) is 0 Å². The van der Waals surface area contributed by atoms with Crippen LogP contribution in [0.15, 0.2) is 90.0 Å². The van der Waals surface area contributed by atoms with Gasteiger partial charge in [-0.25, -0.2) is 22.7 Å². The lowest BCUT2D eigenvalue weighted by atomic mass is 10.1. The Bertz CT molecular complexity index is 1620. The minimum atomic E-state index is -4.70. The van der Waals surface area contributed by atoms with E-state index in [2.05, 4.69) is 38.4 Å². The van der Waals surface area contributed by atoms with Gasteiger partial charge in [0.05, 0.1) is 30.1 Å². The molecule has 3 aromatic carbocycles. The number of sulfonamides is 1. The highest BCUT2D eigenvalue weighted by Crippen LogP contribution is 2.34. The number of nitrogens with one attached hydrogen (secondary N) is 2. The Morgan fingerprint density at radius 1 is 0.976 bits per heavy atom. The van der Waals surface area contributed by atoms with Crippen LogP contribution >= 0.6 is 22.6 Å². The van der Waals surface area contributed by atoms with Crippen LogP contribution in [0, 0.1) is 21.1 Å². The summed E-state index contributed by atoms with van der Waals surface area (Å²) in [5.74, 6) is -3.73. The lowest BCUT2D eigenvalue weighted by Crippen LogP contribution is -2.32. The third-order valence-electron chi connectivity index (χ3n) is 6.60. The van der Waals surface area contributed by atoms with Gasteiger partial charge in [-0.2, -0.15) is 4.31 Å². The summed E-state index contributed by atoms with van der Waals surface area (Å²) in [6.45, 7) is -0.0985.